The molecule has 0 aromatic heterocycles. The van der Waals surface area contributed by atoms with Gasteiger partial charge in [0.2, 0.25) is 0 Å². The number of esters is 1. The van der Waals surface area contributed by atoms with Crippen LogP contribution in [0.3, 0.4) is 0 Å². The van der Waals surface area contributed by atoms with Crippen LogP contribution >= 0.6 is 0 Å². The average Bonchev–Trinajstić information content (AvgIpc) is 1.85. The van der Waals surface area contributed by atoms with E-state index < -0.39 is 6.10 Å². The van der Waals surface area contributed by atoms with E-state index >= 15 is 0 Å². The molecule has 0 spiro atoms. The molecule has 0 N–H and O–H groups in total. The van der Waals surface area contributed by atoms with Gasteiger partial charge in [-0.2, -0.15) is 0 Å². The summed E-state index contributed by atoms with van der Waals surface area (Å²) in [7, 11) is 0. The Morgan fingerprint density at radius 2 is 2.18 bits per heavy atom. The van der Waals surface area contributed by atoms with Crippen molar-refractivity contribution in [2.45, 2.75) is 26.9 Å². The molecule has 60 valence electrons. The third kappa shape index (κ3) is 5.23. The van der Waals surface area contributed by atoms with Crippen LogP contribution in [0.15, 0.2) is 11.6 Å². The fourth-order valence-corrected chi connectivity index (χ4v) is 0.478. The van der Waals surface area contributed by atoms with Crippen LogP contribution in [0.25, 0.3) is 0 Å². The van der Waals surface area contributed by atoms with Crippen molar-refractivity contribution in [1.82, 2.24) is 0 Å². The first-order chi connectivity index (χ1) is 5.06. The molecule has 2 heteroatoms. The van der Waals surface area contributed by atoms with Gasteiger partial charge in [0.1, 0.15) is 0 Å². The summed E-state index contributed by atoms with van der Waals surface area (Å²) in [6.45, 7) is 5.29. The standard InChI is InChI=1S/C9H12O2/c1-5-8(4)11-9(10)6-7(2)3/h1,6,8H,2-4H3. The maximum Gasteiger partial charge on any atom is 0.331 e. The summed E-state index contributed by atoms with van der Waals surface area (Å²) < 4.78 is 4.76. The molecular formula is C9H12O2. The van der Waals surface area contributed by atoms with Crippen LogP contribution in [0, 0.1) is 12.3 Å². The van der Waals surface area contributed by atoms with E-state index in [4.69, 9.17) is 11.2 Å². The van der Waals surface area contributed by atoms with Crippen molar-refractivity contribution in [2.24, 2.45) is 0 Å². The minimum Gasteiger partial charge on any atom is -0.446 e. The van der Waals surface area contributed by atoms with Crippen molar-refractivity contribution in [2.75, 3.05) is 0 Å². The van der Waals surface area contributed by atoms with Gasteiger partial charge in [0.05, 0.1) is 0 Å². The Balaban J connectivity index is 3.92. The predicted octanol–water partition coefficient (Wildman–Crippen LogP) is 1.52. The highest BCUT2D eigenvalue weighted by Crippen LogP contribution is 1.94. The highest BCUT2D eigenvalue weighted by molar-refractivity contribution is 5.82. The van der Waals surface area contributed by atoms with Gasteiger partial charge in [0.25, 0.3) is 0 Å². The van der Waals surface area contributed by atoms with Crippen LogP contribution in [-0.4, -0.2) is 12.1 Å². The van der Waals surface area contributed by atoms with Crippen molar-refractivity contribution >= 4 is 5.97 Å². The molecule has 0 aromatic rings. The van der Waals surface area contributed by atoms with E-state index in [0.29, 0.717) is 0 Å². The molecule has 0 rings (SSSR count). The molecule has 0 aliphatic carbocycles. The molecule has 0 radical (unpaired) electrons. The Morgan fingerprint density at radius 1 is 1.64 bits per heavy atom. The second kappa shape index (κ2) is 4.56. The van der Waals surface area contributed by atoms with E-state index in [1.807, 2.05) is 13.8 Å². The zero-order valence-electron chi connectivity index (χ0n) is 7.05. The molecule has 0 aliphatic rings. The lowest BCUT2D eigenvalue weighted by Crippen LogP contribution is -2.10. The van der Waals surface area contributed by atoms with Gasteiger partial charge >= 0.3 is 5.97 Å². The summed E-state index contributed by atoms with van der Waals surface area (Å²) in [5.41, 5.74) is 0.902. The third-order valence-electron chi connectivity index (χ3n) is 0.934. The maximum absolute atomic E-state index is 10.8. The lowest BCUT2D eigenvalue weighted by Gasteiger charge is -2.03. The predicted molar refractivity (Wildman–Crippen MR) is 43.8 cm³/mol. The molecule has 1 atom stereocenters. The van der Waals surface area contributed by atoms with Crippen molar-refractivity contribution in [3.63, 3.8) is 0 Å². The number of carbonyl (C=O) groups is 1. The van der Waals surface area contributed by atoms with Gasteiger partial charge in [-0.25, -0.2) is 4.79 Å². The van der Waals surface area contributed by atoms with E-state index in [1.165, 1.54) is 6.08 Å². The van der Waals surface area contributed by atoms with Crippen molar-refractivity contribution in [3.05, 3.63) is 11.6 Å². The number of carbonyl (C=O) groups excluding carboxylic acids is 1. The topological polar surface area (TPSA) is 26.3 Å². The van der Waals surface area contributed by atoms with E-state index in [1.54, 1.807) is 6.92 Å². The number of hydrogen-bond donors (Lipinski definition) is 0. The van der Waals surface area contributed by atoms with Crippen LogP contribution < -0.4 is 0 Å². The Bertz CT molecular complexity index is 204. The molecule has 0 aliphatic heterocycles. The monoisotopic (exact) mass is 152 g/mol. The van der Waals surface area contributed by atoms with Gasteiger partial charge in [-0.05, 0) is 20.8 Å². The van der Waals surface area contributed by atoms with Crippen molar-refractivity contribution in [1.29, 1.82) is 0 Å². The first kappa shape index (κ1) is 9.77. The van der Waals surface area contributed by atoms with E-state index in [9.17, 15) is 4.79 Å². The third-order valence-corrected chi connectivity index (χ3v) is 0.934. The Hall–Kier alpha value is -1.23. The molecule has 0 heterocycles. The molecule has 2 nitrogen and oxygen atoms in total. The average molecular weight is 152 g/mol. The zero-order chi connectivity index (χ0) is 8.85. The van der Waals surface area contributed by atoms with Crippen LogP contribution in [0.1, 0.15) is 20.8 Å². The van der Waals surface area contributed by atoms with Gasteiger partial charge < -0.3 is 4.74 Å². The van der Waals surface area contributed by atoms with Gasteiger partial charge in [0.15, 0.2) is 6.10 Å². The maximum atomic E-state index is 10.8. The summed E-state index contributed by atoms with van der Waals surface area (Å²) in [4.78, 5) is 10.8. The fraction of sp³-hybridized carbons (Fsp3) is 0.444. The number of terminal acetylenes is 1. The first-order valence-electron chi connectivity index (χ1n) is 3.38. The summed E-state index contributed by atoms with van der Waals surface area (Å²) in [6.07, 6.45) is 5.97. The summed E-state index contributed by atoms with van der Waals surface area (Å²) in [5, 5.41) is 0. The zero-order valence-corrected chi connectivity index (χ0v) is 7.05. The molecule has 0 fully saturated rings. The second-order valence-corrected chi connectivity index (χ2v) is 2.47. The molecule has 0 bridgehead atoms. The quantitative estimate of drug-likeness (QED) is 0.340. The number of ether oxygens (including phenoxy) is 1. The lowest BCUT2D eigenvalue weighted by molar-refractivity contribution is -0.139. The van der Waals surface area contributed by atoms with Crippen molar-refractivity contribution in [3.8, 4) is 12.3 Å². The smallest absolute Gasteiger partial charge is 0.331 e. The van der Waals surface area contributed by atoms with Crippen LogP contribution in [0.2, 0.25) is 0 Å². The van der Waals surface area contributed by atoms with E-state index in [2.05, 4.69) is 5.92 Å². The summed E-state index contributed by atoms with van der Waals surface area (Å²) in [5.74, 6) is 1.92. The highest BCUT2D eigenvalue weighted by Gasteiger charge is 2.01. The lowest BCUT2D eigenvalue weighted by atomic mass is 10.3. The fourth-order valence-electron chi connectivity index (χ4n) is 0.478. The van der Waals surface area contributed by atoms with Crippen LogP contribution in [-0.2, 0) is 9.53 Å². The van der Waals surface area contributed by atoms with Crippen LogP contribution in [0.4, 0.5) is 0 Å². The summed E-state index contributed by atoms with van der Waals surface area (Å²) in [6, 6.07) is 0. The van der Waals surface area contributed by atoms with E-state index in [-0.39, 0.29) is 5.97 Å². The highest BCUT2D eigenvalue weighted by atomic mass is 16.5. The molecule has 0 aromatic carbocycles. The van der Waals surface area contributed by atoms with Gasteiger partial charge in [-0.1, -0.05) is 11.5 Å². The number of allylic oxidation sites excluding steroid dienone is 1. The van der Waals surface area contributed by atoms with E-state index in [0.717, 1.165) is 5.57 Å². The van der Waals surface area contributed by atoms with Crippen LogP contribution in [0.5, 0.6) is 0 Å². The Labute approximate surface area is 67.2 Å². The number of hydrogen-bond acceptors (Lipinski definition) is 2. The normalized spacial score (nSPS) is 11.1. The largest absolute Gasteiger partial charge is 0.446 e. The first-order valence-corrected chi connectivity index (χ1v) is 3.38. The molecule has 0 amide bonds. The molecular weight excluding hydrogens is 140 g/mol. The second-order valence-electron chi connectivity index (χ2n) is 2.47. The minimum absolute atomic E-state index is 0.379. The van der Waals surface area contributed by atoms with Gasteiger partial charge in [-0.15, -0.1) is 6.42 Å². The summed E-state index contributed by atoms with van der Waals surface area (Å²) >= 11 is 0. The molecule has 0 saturated carbocycles. The number of rotatable bonds is 2. The molecule has 0 saturated heterocycles. The Kier molecular flexibility index (Phi) is 4.05. The molecule has 1 unspecified atom stereocenters. The van der Waals surface area contributed by atoms with Crippen molar-refractivity contribution < 1.29 is 9.53 Å². The minimum atomic E-state index is -0.446. The SMILES string of the molecule is C#CC(C)OC(=O)C=C(C)C. The van der Waals surface area contributed by atoms with Gasteiger partial charge in [-0.3, -0.25) is 0 Å². The Morgan fingerprint density at radius 3 is 2.55 bits per heavy atom. The molecule has 11 heavy (non-hydrogen) atoms. The van der Waals surface area contributed by atoms with Gasteiger partial charge in [0, 0.05) is 6.08 Å².